The Morgan fingerprint density at radius 2 is 1.82 bits per heavy atom. The van der Waals surface area contributed by atoms with E-state index in [0.717, 1.165) is 14.2 Å². The SMILES string of the molecule is O=C1NC(=O)N(c2ccc(Br)cc2)C(=O)/C1=C\c1cccs1. The number of halogens is 1. The Balaban J connectivity index is 2.01. The van der Waals surface area contributed by atoms with Crippen molar-refractivity contribution in [1.29, 1.82) is 0 Å². The van der Waals surface area contributed by atoms with Crippen LogP contribution in [0.1, 0.15) is 4.88 Å². The number of anilines is 1. The number of rotatable bonds is 2. The van der Waals surface area contributed by atoms with Crippen LogP contribution in [0, 0.1) is 0 Å². The summed E-state index contributed by atoms with van der Waals surface area (Å²) in [5.74, 6) is -1.32. The van der Waals surface area contributed by atoms with Gasteiger partial charge in [0.25, 0.3) is 11.8 Å². The molecule has 0 saturated carbocycles. The number of urea groups is 1. The number of hydrogen-bond acceptors (Lipinski definition) is 4. The molecule has 110 valence electrons. The molecule has 4 amide bonds. The average molecular weight is 377 g/mol. The van der Waals surface area contributed by atoms with Crippen molar-refractivity contribution in [1.82, 2.24) is 5.32 Å². The minimum atomic E-state index is -0.749. The van der Waals surface area contributed by atoms with E-state index < -0.39 is 17.8 Å². The van der Waals surface area contributed by atoms with Crippen LogP contribution in [0.25, 0.3) is 6.08 Å². The second-order valence-electron chi connectivity index (χ2n) is 4.45. The number of nitrogens with zero attached hydrogens (tertiary/aromatic N) is 1. The molecule has 0 aliphatic carbocycles. The molecule has 1 aromatic carbocycles. The highest BCUT2D eigenvalue weighted by molar-refractivity contribution is 9.10. The molecule has 1 fully saturated rings. The molecule has 0 atom stereocenters. The monoisotopic (exact) mass is 376 g/mol. The summed E-state index contributed by atoms with van der Waals surface area (Å²) in [5.41, 5.74) is 0.334. The molecule has 1 saturated heterocycles. The van der Waals surface area contributed by atoms with E-state index in [9.17, 15) is 14.4 Å². The van der Waals surface area contributed by atoms with Gasteiger partial charge in [0.15, 0.2) is 0 Å². The predicted molar refractivity (Wildman–Crippen MR) is 87.5 cm³/mol. The van der Waals surface area contributed by atoms with Gasteiger partial charge < -0.3 is 0 Å². The number of benzene rings is 1. The largest absolute Gasteiger partial charge is 0.335 e. The topological polar surface area (TPSA) is 66.5 Å². The average Bonchev–Trinajstić information content (AvgIpc) is 2.98. The van der Waals surface area contributed by atoms with Crippen LogP contribution in [0.5, 0.6) is 0 Å². The molecule has 1 aliphatic heterocycles. The Morgan fingerprint density at radius 1 is 1.09 bits per heavy atom. The summed E-state index contributed by atoms with van der Waals surface area (Å²) < 4.78 is 0.826. The molecule has 2 heterocycles. The fraction of sp³-hybridized carbons (Fsp3) is 0. The fourth-order valence-electron chi connectivity index (χ4n) is 2.00. The van der Waals surface area contributed by atoms with Gasteiger partial charge in [-0.25, -0.2) is 9.69 Å². The van der Waals surface area contributed by atoms with Gasteiger partial charge in [-0.3, -0.25) is 14.9 Å². The van der Waals surface area contributed by atoms with Gasteiger partial charge in [0.05, 0.1) is 5.69 Å². The van der Waals surface area contributed by atoms with Crippen molar-refractivity contribution in [2.24, 2.45) is 0 Å². The molecule has 1 N–H and O–H groups in total. The third-order valence-corrected chi connectivity index (χ3v) is 4.36. The van der Waals surface area contributed by atoms with E-state index in [1.165, 1.54) is 17.4 Å². The fourth-order valence-corrected chi connectivity index (χ4v) is 2.92. The van der Waals surface area contributed by atoms with E-state index in [4.69, 9.17) is 0 Å². The second-order valence-corrected chi connectivity index (χ2v) is 6.34. The van der Waals surface area contributed by atoms with Gasteiger partial charge in [-0.15, -0.1) is 11.3 Å². The summed E-state index contributed by atoms with van der Waals surface area (Å²) >= 11 is 4.69. The molecule has 5 nitrogen and oxygen atoms in total. The molecule has 3 rings (SSSR count). The van der Waals surface area contributed by atoms with Crippen molar-refractivity contribution < 1.29 is 14.4 Å². The summed E-state index contributed by atoms with van der Waals surface area (Å²) in [4.78, 5) is 38.2. The summed E-state index contributed by atoms with van der Waals surface area (Å²) in [6.07, 6.45) is 1.49. The second kappa shape index (κ2) is 5.86. The van der Waals surface area contributed by atoms with Crippen molar-refractivity contribution in [3.8, 4) is 0 Å². The van der Waals surface area contributed by atoms with E-state index in [1.54, 1.807) is 30.3 Å². The third kappa shape index (κ3) is 2.72. The smallest absolute Gasteiger partial charge is 0.273 e. The van der Waals surface area contributed by atoms with Crippen LogP contribution >= 0.6 is 27.3 Å². The van der Waals surface area contributed by atoms with Gasteiger partial charge in [-0.1, -0.05) is 22.0 Å². The normalized spacial score (nSPS) is 17.0. The highest BCUT2D eigenvalue weighted by Crippen LogP contribution is 2.24. The Morgan fingerprint density at radius 3 is 2.45 bits per heavy atom. The standard InChI is InChI=1S/C15H9BrN2O3S/c16-9-3-5-10(6-4-9)18-14(20)12(13(19)17-15(18)21)8-11-2-1-7-22-11/h1-8H,(H,17,19,21)/b12-8-. The van der Waals surface area contributed by atoms with Gasteiger partial charge in [-0.2, -0.15) is 0 Å². The van der Waals surface area contributed by atoms with Crippen molar-refractivity contribution in [2.45, 2.75) is 0 Å². The van der Waals surface area contributed by atoms with E-state index in [-0.39, 0.29) is 5.57 Å². The lowest BCUT2D eigenvalue weighted by Gasteiger charge is -2.26. The maximum absolute atomic E-state index is 12.5. The van der Waals surface area contributed by atoms with E-state index in [2.05, 4.69) is 21.2 Å². The molecular weight excluding hydrogens is 368 g/mol. The number of barbiturate groups is 1. The molecule has 1 aromatic heterocycles. The zero-order valence-electron chi connectivity index (χ0n) is 11.1. The number of thiophene rings is 1. The van der Waals surface area contributed by atoms with Crippen LogP contribution in [0.15, 0.2) is 51.8 Å². The van der Waals surface area contributed by atoms with E-state index in [0.29, 0.717) is 5.69 Å². The molecule has 2 aromatic rings. The van der Waals surface area contributed by atoms with Crippen LogP contribution in [0.3, 0.4) is 0 Å². The summed E-state index contributed by atoms with van der Waals surface area (Å²) in [6.45, 7) is 0. The summed E-state index contributed by atoms with van der Waals surface area (Å²) in [7, 11) is 0. The lowest BCUT2D eigenvalue weighted by atomic mass is 10.1. The molecule has 7 heteroatoms. The lowest BCUT2D eigenvalue weighted by molar-refractivity contribution is -0.122. The summed E-state index contributed by atoms with van der Waals surface area (Å²) in [6, 6.07) is 9.54. The molecule has 0 radical (unpaired) electrons. The number of amides is 4. The number of carbonyl (C=O) groups excluding carboxylic acids is 3. The molecular formula is C15H9BrN2O3S. The van der Waals surface area contributed by atoms with Crippen LogP contribution < -0.4 is 10.2 Å². The van der Waals surface area contributed by atoms with Gasteiger partial charge in [-0.05, 0) is 41.8 Å². The first-order chi connectivity index (χ1) is 10.6. The van der Waals surface area contributed by atoms with Crippen LogP contribution in [0.2, 0.25) is 0 Å². The molecule has 22 heavy (non-hydrogen) atoms. The van der Waals surface area contributed by atoms with Gasteiger partial charge in [0, 0.05) is 9.35 Å². The van der Waals surface area contributed by atoms with Crippen molar-refractivity contribution in [2.75, 3.05) is 4.90 Å². The van der Waals surface area contributed by atoms with Crippen molar-refractivity contribution in [3.05, 3.63) is 56.7 Å². The highest BCUT2D eigenvalue weighted by atomic mass is 79.9. The van der Waals surface area contributed by atoms with Crippen LogP contribution in [-0.2, 0) is 9.59 Å². The maximum Gasteiger partial charge on any atom is 0.335 e. The van der Waals surface area contributed by atoms with Crippen LogP contribution in [0.4, 0.5) is 10.5 Å². The Kier molecular flexibility index (Phi) is 3.91. The van der Waals surface area contributed by atoms with Gasteiger partial charge in [0.1, 0.15) is 5.57 Å². The van der Waals surface area contributed by atoms with Crippen molar-refractivity contribution in [3.63, 3.8) is 0 Å². The molecule has 0 spiro atoms. The zero-order chi connectivity index (χ0) is 15.7. The minimum Gasteiger partial charge on any atom is -0.273 e. The Labute approximate surface area is 138 Å². The first-order valence-electron chi connectivity index (χ1n) is 6.27. The summed E-state index contributed by atoms with van der Waals surface area (Å²) in [5, 5.41) is 4.03. The Hall–Kier alpha value is -2.25. The maximum atomic E-state index is 12.5. The van der Waals surface area contributed by atoms with Crippen LogP contribution in [-0.4, -0.2) is 17.8 Å². The highest BCUT2D eigenvalue weighted by Gasteiger charge is 2.36. The van der Waals surface area contributed by atoms with Gasteiger partial charge in [0.2, 0.25) is 0 Å². The Bertz CT molecular complexity index is 782. The first kappa shape index (κ1) is 14.7. The first-order valence-corrected chi connectivity index (χ1v) is 7.94. The van der Waals surface area contributed by atoms with Crippen molar-refractivity contribution >= 4 is 56.9 Å². The third-order valence-electron chi connectivity index (χ3n) is 3.02. The molecule has 1 aliphatic rings. The van der Waals surface area contributed by atoms with E-state index >= 15 is 0 Å². The number of carbonyl (C=O) groups is 3. The molecule has 0 unspecified atom stereocenters. The van der Waals surface area contributed by atoms with Gasteiger partial charge >= 0.3 is 6.03 Å². The number of imide groups is 2. The minimum absolute atomic E-state index is 0.0648. The van der Waals surface area contributed by atoms with E-state index in [1.807, 2.05) is 11.4 Å². The quantitative estimate of drug-likeness (QED) is 0.646. The number of hydrogen-bond donors (Lipinski definition) is 1. The number of nitrogens with one attached hydrogen (secondary N) is 1. The lowest BCUT2D eigenvalue weighted by Crippen LogP contribution is -2.54. The zero-order valence-corrected chi connectivity index (χ0v) is 13.5. The predicted octanol–water partition coefficient (Wildman–Crippen LogP) is 3.18. The molecule has 0 bridgehead atoms.